The molecule has 0 aliphatic carbocycles. The van der Waals surface area contributed by atoms with Crippen LogP contribution < -0.4 is 4.74 Å². The first kappa shape index (κ1) is 11.6. The van der Waals surface area contributed by atoms with Crippen molar-refractivity contribution in [3.05, 3.63) is 28.2 Å². The van der Waals surface area contributed by atoms with Gasteiger partial charge in [-0.15, -0.1) is 0 Å². The highest BCUT2D eigenvalue weighted by molar-refractivity contribution is 6.64. The van der Waals surface area contributed by atoms with E-state index in [1.165, 1.54) is 6.92 Å². The minimum Gasteiger partial charge on any atom is -0.480 e. The van der Waals surface area contributed by atoms with Crippen molar-refractivity contribution in [2.75, 3.05) is 0 Å². The summed E-state index contributed by atoms with van der Waals surface area (Å²) in [6.07, 6.45) is -0.743. The Morgan fingerprint density at radius 3 is 2.64 bits per heavy atom. The van der Waals surface area contributed by atoms with Crippen LogP contribution in [-0.2, 0) is 4.79 Å². The number of carbonyl (C=O) groups excluding carboxylic acids is 1. The predicted octanol–water partition coefficient (Wildman–Crippen LogP) is 3.53. The van der Waals surface area contributed by atoms with E-state index in [0.29, 0.717) is 10.8 Å². The lowest BCUT2D eigenvalue weighted by Gasteiger charge is -2.12. The van der Waals surface area contributed by atoms with E-state index in [2.05, 4.69) is 0 Å². The molecule has 1 aromatic carbocycles. The van der Waals surface area contributed by atoms with Gasteiger partial charge in [-0.2, -0.15) is 0 Å². The lowest BCUT2D eigenvalue weighted by atomic mass is 10.3. The molecule has 0 saturated carbocycles. The van der Waals surface area contributed by atoms with Gasteiger partial charge in [0, 0.05) is 0 Å². The van der Waals surface area contributed by atoms with Gasteiger partial charge >= 0.3 is 0 Å². The molecule has 2 nitrogen and oxygen atoms in total. The molecule has 0 saturated heterocycles. The second-order valence-corrected chi connectivity index (χ2v) is 3.77. The van der Waals surface area contributed by atoms with Crippen LogP contribution in [0.1, 0.15) is 6.92 Å². The summed E-state index contributed by atoms with van der Waals surface area (Å²) in [5.41, 5.74) is 0. The van der Waals surface area contributed by atoms with E-state index in [4.69, 9.17) is 39.5 Å². The molecule has 0 N–H and O–H groups in total. The summed E-state index contributed by atoms with van der Waals surface area (Å²) in [5.74, 6) is 0.348. The number of benzene rings is 1. The van der Waals surface area contributed by atoms with E-state index in [1.807, 2.05) is 0 Å². The SMILES string of the molecule is C[C@@H](Oc1cccc(Cl)c1Cl)C(=O)Cl. The molecule has 1 aromatic rings. The van der Waals surface area contributed by atoms with E-state index in [9.17, 15) is 4.79 Å². The second kappa shape index (κ2) is 4.87. The average molecular weight is 254 g/mol. The Labute approximate surface area is 96.7 Å². The lowest BCUT2D eigenvalue weighted by molar-refractivity contribution is -0.117. The number of hydrogen-bond acceptors (Lipinski definition) is 2. The molecule has 0 spiro atoms. The molecule has 0 unspecified atom stereocenters. The van der Waals surface area contributed by atoms with Gasteiger partial charge in [0.2, 0.25) is 0 Å². The maximum atomic E-state index is 10.7. The molecule has 1 atom stereocenters. The summed E-state index contributed by atoms with van der Waals surface area (Å²) >= 11 is 16.8. The van der Waals surface area contributed by atoms with Gasteiger partial charge in [0.1, 0.15) is 10.8 Å². The molecule has 76 valence electrons. The van der Waals surface area contributed by atoms with E-state index in [-0.39, 0.29) is 5.02 Å². The van der Waals surface area contributed by atoms with Crippen molar-refractivity contribution in [1.82, 2.24) is 0 Å². The summed E-state index contributed by atoms with van der Waals surface area (Å²) in [6, 6.07) is 4.92. The molecule has 0 aromatic heterocycles. The monoisotopic (exact) mass is 252 g/mol. The van der Waals surface area contributed by atoms with Crippen molar-refractivity contribution in [3.8, 4) is 5.75 Å². The molecule has 0 heterocycles. The number of rotatable bonds is 3. The molecular formula is C9H7Cl3O2. The van der Waals surface area contributed by atoms with Crippen LogP contribution >= 0.6 is 34.8 Å². The minimum absolute atomic E-state index is 0.277. The summed E-state index contributed by atoms with van der Waals surface area (Å²) in [5, 5.41) is 0.0679. The Morgan fingerprint density at radius 2 is 2.07 bits per heavy atom. The first-order valence-electron chi connectivity index (χ1n) is 3.82. The number of hydrogen-bond donors (Lipinski definition) is 0. The minimum atomic E-state index is -0.743. The maximum absolute atomic E-state index is 10.7. The van der Waals surface area contributed by atoms with Crippen molar-refractivity contribution in [3.63, 3.8) is 0 Å². The first-order valence-corrected chi connectivity index (χ1v) is 4.95. The van der Waals surface area contributed by atoms with Crippen LogP contribution in [0.15, 0.2) is 18.2 Å². The van der Waals surface area contributed by atoms with Gasteiger partial charge in [0.15, 0.2) is 6.10 Å². The lowest BCUT2D eigenvalue weighted by Crippen LogP contribution is -2.19. The van der Waals surface area contributed by atoms with Gasteiger partial charge in [0.05, 0.1) is 5.02 Å². The van der Waals surface area contributed by atoms with Crippen molar-refractivity contribution >= 4 is 40.0 Å². The Balaban J connectivity index is 2.87. The van der Waals surface area contributed by atoms with Gasteiger partial charge in [-0.05, 0) is 30.7 Å². The molecule has 0 fully saturated rings. The van der Waals surface area contributed by atoms with Crippen molar-refractivity contribution in [2.45, 2.75) is 13.0 Å². The maximum Gasteiger partial charge on any atom is 0.262 e. The quantitative estimate of drug-likeness (QED) is 0.770. The van der Waals surface area contributed by atoms with Gasteiger partial charge in [-0.3, -0.25) is 4.79 Å². The molecule has 0 aliphatic heterocycles. The van der Waals surface area contributed by atoms with Gasteiger partial charge < -0.3 is 4.74 Å². The standard InChI is InChI=1S/C9H7Cl3O2/c1-5(9(12)13)14-7-4-2-3-6(10)8(7)11/h2-5H,1H3/t5-/m1/s1. The Morgan fingerprint density at radius 1 is 1.43 bits per heavy atom. The van der Waals surface area contributed by atoms with Gasteiger partial charge in [-0.1, -0.05) is 29.3 Å². The van der Waals surface area contributed by atoms with E-state index in [1.54, 1.807) is 18.2 Å². The third-order valence-electron chi connectivity index (χ3n) is 1.54. The fourth-order valence-electron chi connectivity index (χ4n) is 0.812. The third-order valence-corrected chi connectivity index (χ3v) is 2.65. The van der Waals surface area contributed by atoms with Crippen LogP contribution in [-0.4, -0.2) is 11.3 Å². The fraction of sp³-hybridized carbons (Fsp3) is 0.222. The van der Waals surface area contributed by atoms with Crippen LogP contribution in [0, 0.1) is 0 Å². The largest absolute Gasteiger partial charge is 0.480 e. The molecule has 5 heteroatoms. The first-order chi connectivity index (χ1) is 6.52. The molecule has 0 bridgehead atoms. The Kier molecular flexibility index (Phi) is 4.05. The normalized spacial score (nSPS) is 12.3. The summed E-state index contributed by atoms with van der Waals surface area (Å²) in [6.45, 7) is 1.53. The van der Waals surface area contributed by atoms with Crippen LogP contribution in [0.3, 0.4) is 0 Å². The Bertz CT molecular complexity index is 352. The van der Waals surface area contributed by atoms with Gasteiger partial charge in [0.25, 0.3) is 5.24 Å². The number of halogens is 3. The van der Waals surface area contributed by atoms with Gasteiger partial charge in [-0.25, -0.2) is 0 Å². The molecular weight excluding hydrogens is 246 g/mol. The zero-order chi connectivity index (χ0) is 10.7. The highest BCUT2D eigenvalue weighted by Gasteiger charge is 2.14. The number of carbonyl (C=O) groups is 1. The predicted molar refractivity (Wildman–Crippen MR) is 57.4 cm³/mol. The van der Waals surface area contributed by atoms with E-state index < -0.39 is 11.3 Å². The topological polar surface area (TPSA) is 26.3 Å². The highest BCUT2D eigenvalue weighted by Crippen LogP contribution is 2.32. The smallest absolute Gasteiger partial charge is 0.262 e. The summed E-state index contributed by atoms with van der Waals surface area (Å²) in [7, 11) is 0. The number of ether oxygens (including phenoxy) is 1. The zero-order valence-corrected chi connectivity index (χ0v) is 9.53. The summed E-state index contributed by atoms with van der Waals surface area (Å²) in [4.78, 5) is 10.7. The third kappa shape index (κ3) is 2.77. The zero-order valence-electron chi connectivity index (χ0n) is 7.26. The molecule has 0 amide bonds. The average Bonchev–Trinajstić information content (AvgIpc) is 2.12. The molecule has 1 rings (SSSR count). The molecule has 0 aliphatic rings. The van der Waals surface area contributed by atoms with E-state index in [0.717, 1.165) is 0 Å². The van der Waals surface area contributed by atoms with Crippen molar-refractivity contribution < 1.29 is 9.53 Å². The van der Waals surface area contributed by atoms with Crippen molar-refractivity contribution in [1.29, 1.82) is 0 Å². The molecule has 0 radical (unpaired) electrons. The second-order valence-electron chi connectivity index (χ2n) is 2.62. The Hall–Kier alpha value is -0.440. The van der Waals surface area contributed by atoms with Crippen LogP contribution in [0.4, 0.5) is 0 Å². The van der Waals surface area contributed by atoms with Crippen molar-refractivity contribution in [2.24, 2.45) is 0 Å². The fourth-order valence-corrected chi connectivity index (χ4v) is 1.19. The van der Waals surface area contributed by atoms with Crippen LogP contribution in [0.2, 0.25) is 10.0 Å². The van der Waals surface area contributed by atoms with Crippen LogP contribution in [0.25, 0.3) is 0 Å². The van der Waals surface area contributed by atoms with E-state index >= 15 is 0 Å². The highest BCUT2D eigenvalue weighted by atomic mass is 35.5. The molecule has 14 heavy (non-hydrogen) atoms. The summed E-state index contributed by atoms with van der Waals surface area (Å²) < 4.78 is 5.19. The van der Waals surface area contributed by atoms with Crippen LogP contribution in [0.5, 0.6) is 5.75 Å².